The Kier molecular flexibility index (Phi) is 5.23. The highest BCUT2D eigenvalue weighted by Gasteiger charge is 2.10. The normalized spacial score (nSPS) is 10.4. The number of carbonyl (C=O) groups excluding carboxylic acids is 1. The van der Waals surface area contributed by atoms with Crippen LogP contribution in [-0.2, 0) is 6.54 Å². The Hall–Kier alpha value is -0.850. The molecule has 104 valence electrons. The van der Waals surface area contributed by atoms with Crippen molar-refractivity contribution in [2.24, 2.45) is 0 Å². The molecule has 0 aromatic heterocycles. The second kappa shape index (κ2) is 6.74. The summed E-state index contributed by atoms with van der Waals surface area (Å²) in [5, 5.41) is 3.37. The monoisotopic (exact) mass is 423 g/mol. The highest BCUT2D eigenvalue weighted by molar-refractivity contribution is 14.1. The first-order chi connectivity index (χ1) is 9.47. The van der Waals surface area contributed by atoms with Crippen LogP contribution in [0.1, 0.15) is 15.9 Å². The molecule has 2 rings (SSSR count). The van der Waals surface area contributed by atoms with Crippen LogP contribution in [0.2, 0.25) is 10.0 Å². The average molecular weight is 424 g/mol. The lowest BCUT2D eigenvalue weighted by Crippen LogP contribution is -2.23. The minimum Gasteiger partial charge on any atom is -0.348 e. The number of hydrogen-bond donors (Lipinski definition) is 1. The minimum atomic E-state index is -0.478. The molecule has 0 bridgehead atoms. The molecule has 0 saturated heterocycles. The Morgan fingerprint density at radius 2 is 1.95 bits per heavy atom. The molecule has 0 saturated carbocycles. The molecule has 0 aliphatic heterocycles. The Morgan fingerprint density at radius 1 is 1.20 bits per heavy atom. The zero-order chi connectivity index (χ0) is 14.7. The summed E-state index contributed by atoms with van der Waals surface area (Å²) in [4.78, 5) is 12.0. The van der Waals surface area contributed by atoms with E-state index < -0.39 is 5.82 Å². The van der Waals surface area contributed by atoms with E-state index in [0.29, 0.717) is 10.6 Å². The third-order valence-electron chi connectivity index (χ3n) is 2.61. The number of benzene rings is 2. The summed E-state index contributed by atoms with van der Waals surface area (Å²) in [5.41, 5.74) is 1.27. The number of halogens is 4. The fourth-order valence-electron chi connectivity index (χ4n) is 1.60. The van der Waals surface area contributed by atoms with E-state index in [0.717, 1.165) is 9.13 Å². The molecule has 0 spiro atoms. The van der Waals surface area contributed by atoms with Gasteiger partial charge in [0.2, 0.25) is 0 Å². The van der Waals surface area contributed by atoms with Crippen LogP contribution in [0.4, 0.5) is 4.39 Å². The number of hydrogen-bond acceptors (Lipinski definition) is 1. The van der Waals surface area contributed by atoms with Gasteiger partial charge in [-0.05, 0) is 58.5 Å². The summed E-state index contributed by atoms with van der Waals surface area (Å²) in [6.07, 6.45) is 0. The topological polar surface area (TPSA) is 29.1 Å². The molecule has 2 aromatic carbocycles. The van der Waals surface area contributed by atoms with E-state index in [-0.39, 0.29) is 17.5 Å². The van der Waals surface area contributed by atoms with E-state index in [4.69, 9.17) is 23.2 Å². The average Bonchev–Trinajstić information content (AvgIpc) is 2.40. The van der Waals surface area contributed by atoms with Gasteiger partial charge in [-0.2, -0.15) is 0 Å². The number of carbonyl (C=O) groups is 1. The van der Waals surface area contributed by atoms with E-state index >= 15 is 0 Å². The van der Waals surface area contributed by atoms with Gasteiger partial charge >= 0.3 is 0 Å². The molecule has 6 heteroatoms. The fourth-order valence-corrected chi connectivity index (χ4v) is 2.92. The van der Waals surface area contributed by atoms with Crippen molar-refractivity contribution >= 4 is 51.7 Å². The molecule has 2 nitrogen and oxygen atoms in total. The maximum atomic E-state index is 13.0. The summed E-state index contributed by atoms with van der Waals surface area (Å²) >= 11 is 13.6. The molecule has 0 aliphatic rings. The Labute approximate surface area is 139 Å². The first-order valence-electron chi connectivity index (χ1n) is 5.64. The maximum Gasteiger partial charge on any atom is 0.252 e. The van der Waals surface area contributed by atoms with E-state index in [9.17, 15) is 9.18 Å². The quantitative estimate of drug-likeness (QED) is 0.714. The van der Waals surface area contributed by atoms with Gasteiger partial charge in [-0.15, -0.1) is 0 Å². The lowest BCUT2D eigenvalue weighted by atomic mass is 10.2. The van der Waals surface area contributed by atoms with E-state index in [1.807, 2.05) is 22.6 Å². The van der Waals surface area contributed by atoms with Crippen LogP contribution in [-0.4, -0.2) is 5.91 Å². The van der Waals surface area contributed by atoms with Gasteiger partial charge in [0.15, 0.2) is 0 Å². The van der Waals surface area contributed by atoms with Crippen LogP contribution in [0.15, 0.2) is 36.4 Å². The van der Waals surface area contributed by atoms with Crippen molar-refractivity contribution in [3.8, 4) is 0 Å². The number of amides is 1. The van der Waals surface area contributed by atoms with E-state index in [2.05, 4.69) is 5.32 Å². The van der Waals surface area contributed by atoms with Crippen molar-refractivity contribution in [2.45, 2.75) is 6.54 Å². The summed E-state index contributed by atoms with van der Waals surface area (Å²) in [5.74, 6) is -0.694. The first kappa shape index (κ1) is 15.5. The van der Waals surface area contributed by atoms with Gasteiger partial charge in [0.25, 0.3) is 5.91 Å². The second-order valence-electron chi connectivity index (χ2n) is 4.06. The minimum absolute atomic E-state index is 0.0397. The van der Waals surface area contributed by atoms with Crippen molar-refractivity contribution in [1.82, 2.24) is 5.32 Å². The SMILES string of the molecule is O=C(NCc1ccc(F)c(Cl)c1)c1ccc(Cl)cc1I. The molecule has 2 aromatic rings. The van der Waals surface area contributed by atoms with E-state index in [1.54, 1.807) is 24.3 Å². The summed E-state index contributed by atoms with van der Waals surface area (Å²) in [6, 6.07) is 9.38. The first-order valence-corrected chi connectivity index (χ1v) is 7.48. The van der Waals surface area contributed by atoms with Crippen LogP contribution >= 0.6 is 45.8 Å². The molecule has 0 heterocycles. The van der Waals surface area contributed by atoms with Crippen LogP contribution in [0, 0.1) is 9.39 Å². The van der Waals surface area contributed by atoms with Gasteiger partial charge in [0.05, 0.1) is 10.6 Å². The zero-order valence-electron chi connectivity index (χ0n) is 10.1. The van der Waals surface area contributed by atoms with Crippen molar-refractivity contribution in [3.05, 3.63) is 67.0 Å². The van der Waals surface area contributed by atoms with Crippen LogP contribution in [0.5, 0.6) is 0 Å². The van der Waals surface area contributed by atoms with Gasteiger partial charge in [-0.25, -0.2) is 4.39 Å². The number of rotatable bonds is 3. The Morgan fingerprint density at radius 3 is 2.60 bits per heavy atom. The van der Waals surface area contributed by atoms with Crippen molar-refractivity contribution in [2.75, 3.05) is 0 Å². The Balaban J connectivity index is 2.06. The maximum absolute atomic E-state index is 13.0. The lowest BCUT2D eigenvalue weighted by molar-refractivity contribution is 0.0950. The lowest BCUT2D eigenvalue weighted by Gasteiger charge is -2.08. The fraction of sp³-hybridized carbons (Fsp3) is 0.0714. The highest BCUT2D eigenvalue weighted by Crippen LogP contribution is 2.19. The standard InChI is InChI=1S/C14H9Cl2FINO/c15-9-2-3-10(13(18)6-9)14(20)19-7-8-1-4-12(17)11(16)5-8/h1-6H,7H2,(H,19,20). The van der Waals surface area contributed by atoms with Gasteiger partial charge in [-0.1, -0.05) is 29.3 Å². The molecule has 0 fully saturated rings. The van der Waals surface area contributed by atoms with Crippen molar-refractivity contribution < 1.29 is 9.18 Å². The predicted octanol–water partition coefficient (Wildman–Crippen LogP) is 4.67. The molecule has 1 amide bonds. The molecular weight excluding hydrogens is 415 g/mol. The molecule has 0 aliphatic carbocycles. The van der Waals surface area contributed by atoms with Crippen LogP contribution in [0.3, 0.4) is 0 Å². The molecular formula is C14H9Cl2FINO. The van der Waals surface area contributed by atoms with Crippen LogP contribution in [0.25, 0.3) is 0 Å². The Bertz CT molecular complexity index is 664. The number of nitrogens with one attached hydrogen (secondary N) is 1. The smallest absolute Gasteiger partial charge is 0.252 e. The summed E-state index contributed by atoms with van der Waals surface area (Å²) in [6.45, 7) is 0.275. The molecule has 20 heavy (non-hydrogen) atoms. The third kappa shape index (κ3) is 3.84. The van der Waals surface area contributed by atoms with E-state index in [1.165, 1.54) is 12.1 Å². The van der Waals surface area contributed by atoms with Gasteiger partial charge < -0.3 is 5.32 Å². The second-order valence-corrected chi connectivity index (χ2v) is 6.06. The van der Waals surface area contributed by atoms with Crippen molar-refractivity contribution in [1.29, 1.82) is 0 Å². The largest absolute Gasteiger partial charge is 0.348 e. The molecule has 0 atom stereocenters. The predicted molar refractivity (Wildman–Crippen MR) is 86.7 cm³/mol. The van der Waals surface area contributed by atoms with Gasteiger partial charge in [0.1, 0.15) is 5.82 Å². The van der Waals surface area contributed by atoms with Crippen LogP contribution < -0.4 is 5.32 Å². The third-order valence-corrected chi connectivity index (χ3v) is 4.03. The van der Waals surface area contributed by atoms with Gasteiger partial charge in [-0.3, -0.25) is 4.79 Å². The van der Waals surface area contributed by atoms with Gasteiger partial charge in [0, 0.05) is 15.1 Å². The summed E-state index contributed by atoms with van der Waals surface area (Å²) < 4.78 is 13.8. The summed E-state index contributed by atoms with van der Waals surface area (Å²) in [7, 11) is 0. The highest BCUT2D eigenvalue weighted by atomic mass is 127. The molecule has 0 unspecified atom stereocenters. The van der Waals surface area contributed by atoms with Crippen molar-refractivity contribution in [3.63, 3.8) is 0 Å². The molecule has 0 radical (unpaired) electrons. The molecule has 1 N–H and O–H groups in total. The zero-order valence-corrected chi connectivity index (χ0v) is 13.8.